The Labute approximate surface area is 164 Å². The maximum Gasteiger partial charge on any atom is 0.263 e. The van der Waals surface area contributed by atoms with E-state index in [2.05, 4.69) is 26.0 Å². The van der Waals surface area contributed by atoms with Gasteiger partial charge in [-0.2, -0.15) is 0 Å². The molecule has 0 unspecified atom stereocenters. The van der Waals surface area contributed by atoms with Crippen LogP contribution in [0.4, 0.5) is 11.4 Å². The summed E-state index contributed by atoms with van der Waals surface area (Å²) in [6.07, 6.45) is 0. The second-order valence-corrected chi connectivity index (χ2v) is 8.30. The van der Waals surface area contributed by atoms with E-state index in [1.165, 1.54) is 12.1 Å². The molecule has 0 saturated heterocycles. The molecule has 0 bridgehead atoms. The van der Waals surface area contributed by atoms with Gasteiger partial charge in [0.2, 0.25) is 0 Å². The molecule has 0 atom stereocenters. The van der Waals surface area contributed by atoms with Crippen molar-refractivity contribution in [2.24, 2.45) is 0 Å². The Kier molecular flexibility index (Phi) is 4.37. The summed E-state index contributed by atoms with van der Waals surface area (Å²) in [5.41, 5.74) is 1.04. The first-order valence-electron chi connectivity index (χ1n) is 7.94. The average molecular weight is 445 g/mol. The van der Waals surface area contributed by atoms with Crippen molar-refractivity contribution in [3.63, 3.8) is 0 Å². The molecule has 8 heteroatoms. The fourth-order valence-electron chi connectivity index (χ4n) is 2.70. The number of fused-ring (bicyclic) bond motifs is 2. The minimum atomic E-state index is -3.82. The van der Waals surface area contributed by atoms with E-state index in [9.17, 15) is 13.2 Å². The third-order valence-corrected chi connectivity index (χ3v) is 6.35. The van der Waals surface area contributed by atoms with Gasteiger partial charge in [-0.05, 0) is 58.4 Å². The van der Waals surface area contributed by atoms with Gasteiger partial charge in [-0.25, -0.2) is 8.42 Å². The van der Waals surface area contributed by atoms with Gasteiger partial charge in [0, 0.05) is 10.2 Å². The van der Waals surface area contributed by atoms with Crippen LogP contribution in [0.5, 0.6) is 11.5 Å². The monoisotopic (exact) mass is 444 g/mol. The molecule has 1 aliphatic heterocycles. The van der Waals surface area contributed by atoms with Crippen LogP contribution in [0.3, 0.4) is 0 Å². The maximum atomic E-state index is 12.6. The zero-order valence-corrected chi connectivity index (χ0v) is 16.2. The number of rotatable bonds is 3. The second kappa shape index (κ2) is 6.71. The molecule has 4 rings (SSSR count). The number of anilines is 2. The van der Waals surface area contributed by atoms with Gasteiger partial charge in [0.05, 0.1) is 11.3 Å². The third kappa shape index (κ3) is 3.41. The van der Waals surface area contributed by atoms with Crippen LogP contribution in [0.2, 0.25) is 0 Å². The van der Waals surface area contributed by atoms with E-state index in [0.717, 1.165) is 0 Å². The minimum Gasteiger partial charge on any atom is -0.454 e. The first kappa shape index (κ1) is 17.6. The van der Waals surface area contributed by atoms with Crippen LogP contribution in [0.25, 0.3) is 0 Å². The van der Waals surface area contributed by atoms with Crippen molar-refractivity contribution in [2.75, 3.05) is 10.0 Å². The minimum absolute atomic E-state index is 0.105. The Balaban J connectivity index is 1.69. The number of halogens is 1. The molecular formula is C19H13BrN2O4S. The SMILES string of the molecule is O=C1Nc2ccccc2Oc2ccc(NS(=O)(=O)c3ccccc3Br)cc21. The van der Waals surface area contributed by atoms with Crippen LogP contribution in [-0.4, -0.2) is 14.3 Å². The predicted octanol–water partition coefficient (Wildman–Crippen LogP) is 4.61. The molecule has 27 heavy (non-hydrogen) atoms. The average Bonchev–Trinajstić information content (AvgIpc) is 2.77. The lowest BCUT2D eigenvalue weighted by molar-refractivity contribution is 0.102. The number of sulfonamides is 1. The molecule has 3 aromatic rings. The third-order valence-electron chi connectivity index (χ3n) is 3.96. The van der Waals surface area contributed by atoms with Gasteiger partial charge in [0.25, 0.3) is 15.9 Å². The lowest BCUT2D eigenvalue weighted by atomic mass is 10.1. The molecule has 136 valence electrons. The van der Waals surface area contributed by atoms with E-state index in [-0.39, 0.29) is 22.1 Å². The highest BCUT2D eigenvalue weighted by Crippen LogP contribution is 2.36. The number of nitrogens with one attached hydrogen (secondary N) is 2. The van der Waals surface area contributed by atoms with Gasteiger partial charge in [0.1, 0.15) is 10.6 Å². The highest BCUT2D eigenvalue weighted by Gasteiger charge is 2.23. The van der Waals surface area contributed by atoms with Gasteiger partial charge < -0.3 is 10.1 Å². The van der Waals surface area contributed by atoms with Crippen LogP contribution < -0.4 is 14.8 Å². The molecule has 6 nitrogen and oxygen atoms in total. The number of hydrogen-bond acceptors (Lipinski definition) is 4. The summed E-state index contributed by atoms with van der Waals surface area (Å²) in [4.78, 5) is 12.6. The topological polar surface area (TPSA) is 84.5 Å². The van der Waals surface area contributed by atoms with Crippen LogP contribution in [0.1, 0.15) is 10.4 Å². The van der Waals surface area contributed by atoms with Crippen molar-refractivity contribution >= 4 is 43.2 Å². The fraction of sp³-hybridized carbons (Fsp3) is 0. The first-order valence-corrected chi connectivity index (χ1v) is 10.2. The predicted molar refractivity (Wildman–Crippen MR) is 106 cm³/mol. The summed E-state index contributed by atoms with van der Waals surface area (Å²) in [6.45, 7) is 0. The number of benzene rings is 3. The normalized spacial score (nSPS) is 12.9. The Hall–Kier alpha value is -2.84. The largest absolute Gasteiger partial charge is 0.454 e. The van der Waals surface area contributed by atoms with Crippen LogP contribution >= 0.6 is 15.9 Å². The number of para-hydroxylation sites is 2. The number of amides is 1. The van der Waals surface area contributed by atoms with Gasteiger partial charge in [-0.3, -0.25) is 9.52 Å². The summed E-state index contributed by atoms with van der Waals surface area (Å²) >= 11 is 3.24. The first-order chi connectivity index (χ1) is 12.9. The Bertz CT molecular complexity index is 1160. The number of carbonyl (C=O) groups is 1. The standard InChI is InChI=1S/C19H13BrN2O4S/c20-14-5-1-4-8-18(14)27(24,25)22-12-9-10-16-13(11-12)19(23)21-15-6-2-3-7-17(15)26-16/h1-11,22H,(H,21,23). The summed E-state index contributed by atoms with van der Waals surface area (Å²) < 4.78 is 34.0. The molecule has 0 aliphatic carbocycles. The molecule has 1 amide bonds. The number of carbonyl (C=O) groups excluding carboxylic acids is 1. The highest BCUT2D eigenvalue weighted by molar-refractivity contribution is 9.10. The highest BCUT2D eigenvalue weighted by atomic mass is 79.9. The number of ether oxygens (including phenoxy) is 1. The molecule has 0 saturated carbocycles. The molecule has 1 aliphatic rings. The smallest absolute Gasteiger partial charge is 0.263 e. The Morgan fingerprint density at radius 1 is 0.926 bits per heavy atom. The summed E-state index contributed by atoms with van der Waals surface area (Å²) in [5.74, 6) is 0.490. The Morgan fingerprint density at radius 3 is 2.48 bits per heavy atom. The van der Waals surface area contributed by atoms with Crippen molar-refractivity contribution < 1.29 is 17.9 Å². The summed E-state index contributed by atoms with van der Waals surface area (Å²) in [7, 11) is -3.82. The van der Waals surface area contributed by atoms with Crippen molar-refractivity contribution in [2.45, 2.75) is 4.90 Å². The molecule has 1 heterocycles. The molecule has 0 fully saturated rings. The van der Waals surface area contributed by atoms with Gasteiger partial charge in [0.15, 0.2) is 5.75 Å². The van der Waals surface area contributed by atoms with Crippen LogP contribution in [-0.2, 0) is 10.0 Å². The fourth-order valence-corrected chi connectivity index (χ4v) is 4.75. The zero-order chi connectivity index (χ0) is 19.0. The lowest BCUT2D eigenvalue weighted by Gasteiger charge is -2.12. The molecule has 3 aromatic carbocycles. The van der Waals surface area contributed by atoms with Gasteiger partial charge in [-0.15, -0.1) is 0 Å². The molecular weight excluding hydrogens is 432 g/mol. The van der Waals surface area contributed by atoms with Gasteiger partial charge in [-0.1, -0.05) is 24.3 Å². The van der Waals surface area contributed by atoms with Crippen molar-refractivity contribution in [1.82, 2.24) is 0 Å². The molecule has 0 radical (unpaired) electrons. The zero-order valence-electron chi connectivity index (χ0n) is 13.8. The summed E-state index contributed by atoms with van der Waals surface area (Å²) in [5, 5.41) is 2.76. The molecule has 0 aromatic heterocycles. The van der Waals surface area contributed by atoms with Gasteiger partial charge >= 0.3 is 0 Å². The van der Waals surface area contributed by atoms with E-state index in [1.807, 2.05) is 0 Å². The molecule has 0 spiro atoms. The lowest BCUT2D eigenvalue weighted by Crippen LogP contribution is -2.15. The van der Waals surface area contributed by atoms with Crippen molar-refractivity contribution in [3.05, 3.63) is 76.8 Å². The van der Waals surface area contributed by atoms with E-state index in [1.54, 1.807) is 54.6 Å². The van der Waals surface area contributed by atoms with Crippen LogP contribution in [0, 0.1) is 0 Å². The maximum absolute atomic E-state index is 12.6. The van der Waals surface area contributed by atoms with Crippen molar-refractivity contribution in [1.29, 1.82) is 0 Å². The summed E-state index contributed by atoms with van der Waals surface area (Å²) in [6, 6.07) is 18.1. The number of hydrogen-bond donors (Lipinski definition) is 2. The van der Waals surface area contributed by atoms with E-state index < -0.39 is 10.0 Å². The van der Waals surface area contributed by atoms with E-state index in [0.29, 0.717) is 21.7 Å². The van der Waals surface area contributed by atoms with Crippen molar-refractivity contribution in [3.8, 4) is 11.5 Å². The second-order valence-electron chi connectivity index (χ2n) is 5.80. The van der Waals surface area contributed by atoms with E-state index >= 15 is 0 Å². The molecule has 2 N–H and O–H groups in total. The quantitative estimate of drug-likeness (QED) is 0.617. The van der Waals surface area contributed by atoms with E-state index in [4.69, 9.17) is 4.74 Å². The Morgan fingerprint density at radius 2 is 1.67 bits per heavy atom. The van der Waals surface area contributed by atoms with Crippen LogP contribution in [0.15, 0.2) is 76.1 Å².